The fraction of sp³-hybridized carbons (Fsp3) is 0.538. The van der Waals surface area contributed by atoms with Crippen molar-refractivity contribution in [1.82, 2.24) is 20.2 Å². The lowest BCUT2D eigenvalue weighted by molar-refractivity contribution is -0.131. The molecule has 0 radical (unpaired) electrons. The van der Waals surface area contributed by atoms with Crippen LogP contribution in [0.25, 0.3) is 0 Å². The van der Waals surface area contributed by atoms with E-state index in [4.69, 9.17) is 9.47 Å². The van der Waals surface area contributed by atoms with Crippen LogP contribution in [0.15, 0.2) is 12.4 Å². The molecule has 0 spiro atoms. The zero-order chi connectivity index (χ0) is 15.2. The molecule has 2 amide bonds. The van der Waals surface area contributed by atoms with Crippen LogP contribution >= 0.6 is 0 Å². The summed E-state index contributed by atoms with van der Waals surface area (Å²) >= 11 is 0. The van der Waals surface area contributed by atoms with E-state index in [0.29, 0.717) is 31.3 Å². The molecule has 2 rings (SSSR count). The van der Waals surface area contributed by atoms with Crippen LogP contribution in [-0.4, -0.2) is 59.5 Å². The highest BCUT2D eigenvalue weighted by molar-refractivity contribution is 5.83. The Bertz CT molecular complexity index is 523. The minimum absolute atomic E-state index is 0.0104. The Kier molecular flexibility index (Phi) is 4.91. The molecule has 1 aromatic rings. The maximum atomic E-state index is 11.9. The van der Waals surface area contributed by atoms with Gasteiger partial charge in [0.2, 0.25) is 11.8 Å². The summed E-state index contributed by atoms with van der Waals surface area (Å²) in [6, 6.07) is 0. The highest BCUT2D eigenvalue weighted by Gasteiger charge is 2.28. The summed E-state index contributed by atoms with van der Waals surface area (Å²) < 4.78 is 10.8. The molecular formula is C13H18N4O4. The summed E-state index contributed by atoms with van der Waals surface area (Å²) in [6.07, 6.45) is 3.58. The third-order valence-electron chi connectivity index (χ3n) is 3.09. The van der Waals surface area contributed by atoms with Crippen molar-refractivity contribution < 1.29 is 19.1 Å². The maximum Gasteiger partial charge on any atom is 0.278 e. The maximum absolute atomic E-state index is 11.9. The zero-order valence-corrected chi connectivity index (χ0v) is 12.0. The molecule has 1 N–H and O–H groups in total. The van der Waals surface area contributed by atoms with Crippen LogP contribution in [0.2, 0.25) is 0 Å². The molecule has 8 heteroatoms. The van der Waals surface area contributed by atoms with Crippen molar-refractivity contribution in [3.63, 3.8) is 0 Å². The number of carbonyl (C=O) groups excluding carboxylic acids is 2. The summed E-state index contributed by atoms with van der Waals surface area (Å²) in [6.45, 7) is 2.43. The van der Waals surface area contributed by atoms with Gasteiger partial charge in [-0.15, -0.1) is 0 Å². The van der Waals surface area contributed by atoms with E-state index in [2.05, 4.69) is 15.3 Å². The number of amides is 2. The topological polar surface area (TPSA) is 93.7 Å². The molecule has 0 aromatic carbocycles. The highest BCUT2D eigenvalue weighted by atomic mass is 16.5. The molecule has 8 nitrogen and oxygen atoms in total. The number of hydrogen-bond acceptors (Lipinski definition) is 6. The quantitative estimate of drug-likeness (QED) is 0.794. The number of rotatable bonds is 5. The molecule has 1 atom stereocenters. The monoisotopic (exact) mass is 294 g/mol. The van der Waals surface area contributed by atoms with E-state index in [-0.39, 0.29) is 24.5 Å². The fourth-order valence-electron chi connectivity index (χ4n) is 2.05. The van der Waals surface area contributed by atoms with Crippen molar-refractivity contribution in [2.45, 2.75) is 19.4 Å². The predicted octanol–water partition coefficient (Wildman–Crippen LogP) is -0.399. The average Bonchev–Trinajstić information content (AvgIpc) is 2.94. The van der Waals surface area contributed by atoms with Crippen molar-refractivity contribution in [3.8, 4) is 11.8 Å². The number of hydrogen-bond donors (Lipinski definition) is 1. The van der Waals surface area contributed by atoms with Crippen molar-refractivity contribution >= 4 is 11.8 Å². The van der Waals surface area contributed by atoms with Crippen LogP contribution in [0.1, 0.15) is 13.3 Å². The highest BCUT2D eigenvalue weighted by Crippen LogP contribution is 2.23. The predicted molar refractivity (Wildman–Crippen MR) is 72.9 cm³/mol. The van der Waals surface area contributed by atoms with Gasteiger partial charge >= 0.3 is 0 Å². The molecular weight excluding hydrogens is 276 g/mol. The lowest BCUT2D eigenvalue weighted by Gasteiger charge is -2.17. The van der Waals surface area contributed by atoms with E-state index < -0.39 is 0 Å². The van der Waals surface area contributed by atoms with Crippen LogP contribution in [0.4, 0.5) is 0 Å². The van der Waals surface area contributed by atoms with E-state index in [1.807, 2.05) is 0 Å². The first kappa shape index (κ1) is 15.0. The normalized spacial score (nSPS) is 17.4. The van der Waals surface area contributed by atoms with Crippen LogP contribution in [0.3, 0.4) is 0 Å². The van der Waals surface area contributed by atoms with Crippen molar-refractivity contribution in [3.05, 3.63) is 12.4 Å². The molecule has 0 saturated carbocycles. The molecule has 114 valence electrons. The third-order valence-corrected chi connectivity index (χ3v) is 3.09. The third kappa shape index (κ3) is 4.04. The number of aromatic nitrogens is 2. The smallest absolute Gasteiger partial charge is 0.278 e. The zero-order valence-electron chi connectivity index (χ0n) is 12.0. The van der Waals surface area contributed by atoms with E-state index in [9.17, 15) is 9.59 Å². The van der Waals surface area contributed by atoms with Gasteiger partial charge in [-0.3, -0.25) is 9.59 Å². The van der Waals surface area contributed by atoms with E-state index >= 15 is 0 Å². The molecule has 1 aromatic heterocycles. The number of carbonyl (C=O) groups is 2. The Balaban J connectivity index is 1.87. The first-order valence-electron chi connectivity index (χ1n) is 6.64. The number of likely N-dealkylation sites (tertiary alicyclic amines) is 1. The van der Waals surface area contributed by atoms with Gasteiger partial charge in [0, 0.05) is 32.3 Å². The summed E-state index contributed by atoms with van der Waals surface area (Å²) in [7, 11) is 1.49. The second-order valence-corrected chi connectivity index (χ2v) is 4.65. The minimum Gasteiger partial charge on any atom is -0.477 e. The second-order valence-electron chi connectivity index (χ2n) is 4.65. The van der Waals surface area contributed by atoms with Crippen LogP contribution in [0, 0.1) is 0 Å². The van der Waals surface area contributed by atoms with Crippen LogP contribution < -0.4 is 14.8 Å². The summed E-state index contributed by atoms with van der Waals surface area (Å²) in [5.74, 6) is 0.295. The second kappa shape index (κ2) is 6.87. The van der Waals surface area contributed by atoms with Crippen molar-refractivity contribution in [1.29, 1.82) is 0 Å². The van der Waals surface area contributed by atoms with Gasteiger partial charge in [0.25, 0.3) is 11.8 Å². The van der Waals surface area contributed by atoms with Gasteiger partial charge < -0.3 is 19.7 Å². The first-order valence-corrected chi connectivity index (χ1v) is 6.64. The largest absolute Gasteiger partial charge is 0.477 e. The minimum atomic E-state index is -0.223. The van der Waals surface area contributed by atoms with E-state index in [0.717, 1.165) is 0 Å². The fourth-order valence-corrected chi connectivity index (χ4v) is 2.05. The summed E-state index contributed by atoms with van der Waals surface area (Å²) in [4.78, 5) is 32.4. The van der Waals surface area contributed by atoms with Crippen molar-refractivity contribution in [2.75, 3.05) is 26.7 Å². The molecule has 0 aliphatic carbocycles. The Morgan fingerprint density at radius 2 is 2.10 bits per heavy atom. The summed E-state index contributed by atoms with van der Waals surface area (Å²) in [5.41, 5.74) is 0. The molecule has 1 aliphatic heterocycles. The van der Waals surface area contributed by atoms with Crippen LogP contribution in [0.5, 0.6) is 11.8 Å². The number of methoxy groups -OCH3 is 1. The van der Waals surface area contributed by atoms with Crippen LogP contribution in [-0.2, 0) is 9.59 Å². The number of ether oxygens (including phenoxy) is 2. The van der Waals surface area contributed by atoms with Gasteiger partial charge in [-0.25, -0.2) is 9.97 Å². The van der Waals surface area contributed by atoms with Crippen molar-refractivity contribution in [2.24, 2.45) is 0 Å². The molecule has 0 unspecified atom stereocenters. The molecule has 0 bridgehead atoms. The first-order chi connectivity index (χ1) is 10.1. The summed E-state index contributed by atoms with van der Waals surface area (Å²) in [5, 5.41) is 2.49. The van der Waals surface area contributed by atoms with Gasteiger partial charge in [-0.05, 0) is 0 Å². The molecule has 2 heterocycles. The standard InChI is InChI=1S/C13H18N4O4/c1-9(18)16-7-11(19)17-6-3-10(8-17)21-13-12(20-2)14-4-5-15-13/h4-5,10H,3,6-8H2,1-2H3,(H,16,18)/t10-/m1/s1. The molecule has 1 saturated heterocycles. The Morgan fingerprint density at radius 3 is 2.76 bits per heavy atom. The molecule has 21 heavy (non-hydrogen) atoms. The SMILES string of the molecule is COc1nccnc1O[C@@H]1CCN(C(=O)CNC(C)=O)C1. The van der Waals surface area contributed by atoms with E-state index in [1.54, 1.807) is 4.90 Å². The number of nitrogens with zero attached hydrogens (tertiary/aromatic N) is 3. The number of nitrogens with one attached hydrogen (secondary N) is 1. The Labute approximate surface area is 122 Å². The Morgan fingerprint density at radius 1 is 1.38 bits per heavy atom. The van der Waals surface area contributed by atoms with E-state index in [1.165, 1.54) is 26.4 Å². The van der Waals surface area contributed by atoms with Gasteiger partial charge in [0.1, 0.15) is 6.10 Å². The van der Waals surface area contributed by atoms with Gasteiger partial charge in [0.15, 0.2) is 0 Å². The molecule has 1 aliphatic rings. The lowest BCUT2D eigenvalue weighted by Crippen LogP contribution is -2.39. The van der Waals surface area contributed by atoms with Gasteiger partial charge in [0.05, 0.1) is 20.2 Å². The lowest BCUT2D eigenvalue weighted by atomic mass is 10.3. The van der Waals surface area contributed by atoms with Gasteiger partial charge in [-0.1, -0.05) is 0 Å². The molecule has 1 fully saturated rings. The average molecular weight is 294 g/mol. The van der Waals surface area contributed by atoms with Gasteiger partial charge in [-0.2, -0.15) is 0 Å². The Hall–Kier alpha value is -2.38.